The van der Waals surface area contributed by atoms with Crippen LogP contribution in [0.1, 0.15) is 5.56 Å². The average molecular weight is 353 g/mol. The minimum absolute atomic E-state index is 0.0795. The van der Waals surface area contributed by atoms with E-state index < -0.39 is 0 Å². The molecule has 0 aliphatic carbocycles. The fourth-order valence-corrected chi connectivity index (χ4v) is 2.95. The third-order valence-electron chi connectivity index (χ3n) is 3.94. The van der Waals surface area contributed by atoms with Gasteiger partial charge in [0, 0.05) is 43.9 Å². The van der Waals surface area contributed by atoms with Crippen LogP contribution in [0.3, 0.4) is 0 Å². The van der Waals surface area contributed by atoms with Crippen LogP contribution in [0.2, 0.25) is 10.0 Å². The summed E-state index contributed by atoms with van der Waals surface area (Å²) in [5.74, 6) is 0.0795. The Kier molecular flexibility index (Phi) is 5.20. The Morgan fingerprint density at radius 2 is 1.74 bits per heavy atom. The number of carbonyl (C=O) groups excluding carboxylic acids is 1. The molecule has 0 atom stereocenters. The molecule has 0 radical (unpaired) electrons. The van der Waals surface area contributed by atoms with Crippen LogP contribution in [0.4, 0.5) is 0 Å². The predicted octanol–water partition coefficient (Wildman–Crippen LogP) is 2.53. The van der Waals surface area contributed by atoms with Crippen LogP contribution in [0.5, 0.6) is 0 Å². The topological polar surface area (TPSA) is 41.4 Å². The summed E-state index contributed by atoms with van der Waals surface area (Å²) >= 11 is 11.7. The summed E-state index contributed by atoms with van der Waals surface area (Å²) in [5.41, 5.74) is 1.24. The molecule has 1 saturated heterocycles. The number of rotatable bonds is 4. The second-order valence-corrected chi connectivity index (χ2v) is 6.51. The number of benzene rings is 1. The summed E-state index contributed by atoms with van der Waals surface area (Å²) in [7, 11) is 0. The van der Waals surface area contributed by atoms with Crippen LogP contribution in [-0.4, -0.2) is 51.7 Å². The van der Waals surface area contributed by atoms with Gasteiger partial charge in [-0.1, -0.05) is 35.3 Å². The smallest absolute Gasteiger partial charge is 0.244 e. The number of nitrogens with zero attached hydrogens (tertiary/aromatic N) is 4. The van der Waals surface area contributed by atoms with Crippen molar-refractivity contribution in [3.8, 4) is 0 Å². The molecule has 7 heteroatoms. The van der Waals surface area contributed by atoms with E-state index >= 15 is 0 Å². The maximum absolute atomic E-state index is 12.3. The number of halogens is 2. The average Bonchev–Trinajstić information content (AvgIpc) is 2.95. The standard InChI is InChI=1S/C16H18Cl2N4O/c17-14-3-1-13(2-4-14)10-20-5-7-21(8-6-20)16(23)12-22-11-15(18)9-19-22/h1-4,9,11H,5-8,10,12H2. The highest BCUT2D eigenvalue weighted by molar-refractivity contribution is 6.30. The van der Waals surface area contributed by atoms with Crippen molar-refractivity contribution in [3.63, 3.8) is 0 Å². The minimum Gasteiger partial charge on any atom is -0.339 e. The van der Waals surface area contributed by atoms with E-state index in [1.54, 1.807) is 17.1 Å². The molecule has 1 aromatic carbocycles. The van der Waals surface area contributed by atoms with E-state index in [2.05, 4.69) is 10.00 Å². The van der Waals surface area contributed by atoms with Gasteiger partial charge in [-0.05, 0) is 17.7 Å². The summed E-state index contributed by atoms with van der Waals surface area (Å²) in [6, 6.07) is 7.90. The van der Waals surface area contributed by atoms with E-state index in [1.807, 2.05) is 29.2 Å². The number of hydrogen-bond donors (Lipinski definition) is 0. The lowest BCUT2D eigenvalue weighted by Crippen LogP contribution is -2.49. The van der Waals surface area contributed by atoms with Gasteiger partial charge in [0.25, 0.3) is 0 Å². The van der Waals surface area contributed by atoms with Gasteiger partial charge in [-0.3, -0.25) is 14.4 Å². The summed E-state index contributed by atoms with van der Waals surface area (Å²) < 4.78 is 1.57. The monoisotopic (exact) mass is 352 g/mol. The van der Waals surface area contributed by atoms with Crippen LogP contribution in [0, 0.1) is 0 Å². The van der Waals surface area contributed by atoms with Crippen molar-refractivity contribution in [2.24, 2.45) is 0 Å². The van der Waals surface area contributed by atoms with Gasteiger partial charge >= 0.3 is 0 Å². The third kappa shape index (κ3) is 4.47. The van der Waals surface area contributed by atoms with E-state index in [-0.39, 0.29) is 12.5 Å². The highest BCUT2D eigenvalue weighted by Gasteiger charge is 2.21. The molecule has 1 fully saturated rings. The van der Waals surface area contributed by atoms with Gasteiger partial charge in [0.05, 0.1) is 11.2 Å². The zero-order chi connectivity index (χ0) is 16.2. The molecule has 2 aromatic rings. The van der Waals surface area contributed by atoms with Crippen LogP contribution in [0.15, 0.2) is 36.7 Å². The van der Waals surface area contributed by atoms with Crippen molar-refractivity contribution in [2.45, 2.75) is 13.1 Å². The Bertz CT molecular complexity index is 663. The van der Waals surface area contributed by atoms with Gasteiger partial charge in [0.2, 0.25) is 5.91 Å². The van der Waals surface area contributed by atoms with Crippen molar-refractivity contribution in [1.82, 2.24) is 19.6 Å². The quantitative estimate of drug-likeness (QED) is 0.848. The fourth-order valence-electron chi connectivity index (χ4n) is 2.67. The normalized spacial score (nSPS) is 15.8. The number of piperazine rings is 1. The van der Waals surface area contributed by atoms with Crippen molar-refractivity contribution in [3.05, 3.63) is 52.3 Å². The van der Waals surface area contributed by atoms with E-state index in [4.69, 9.17) is 23.2 Å². The first kappa shape index (κ1) is 16.3. The van der Waals surface area contributed by atoms with Crippen LogP contribution in [0.25, 0.3) is 0 Å². The Labute approximate surface area is 145 Å². The van der Waals surface area contributed by atoms with Crippen LogP contribution < -0.4 is 0 Å². The third-order valence-corrected chi connectivity index (χ3v) is 4.39. The van der Waals surface area contributed by atoms with Gasteiger partial charge in [-0.2, -0.15) is 5.10 Å². The van der Waals surface area contributed by atoms with E-state index in [0.717, 1.165) is 37.7 Å². The zero-order valence-electron chi connectivity index (χ0n) is 12.7. The largest absolute Gasteiger partial charge is 0.339 e. The lowest BCUT2D eigenvalue weighted by molar-refractivity contribution is -0.133. The molecule has 1 aliphatic rings. The Morgan fingerprint density at radius 3 is 2.35 bits per heavy atom. The molecular weight excluding hydrogens is 335 g/mol. The predicted molar refractivity (Wildman–Crippen MR) is 90.5 cm³/mol. The first-order valence-corrected chi connectivity index (χ1v) is 8.28. The zero-order valence-corrected chi connectivity index (χ0v) is 14.2. The Morgan fingerprint density at radius 1 is 1.04 bits per heavy atom. The molecule has 1 amide bonds. The van der Waals surface area contributed by atoms with Crippen LogP contribution in [-0.2, 0) is 17.9 Å². The molecule has 0 unspecified atom stereocenters. The Hall–Kier alpha value is -1.56. The molecule has 122 valence electrons. The first-order valence-electron chi connectivity index (χ1n) is 7.53. The van der Waals surface area contributed by atoms with Gasteiger partial charge in [-0.25, -0.2) is 0 Å². The van der Waals surface area contributed by atoms with Gasteiger partial charge in [0.1, 0.15) is 6.54 Å². The van der Waals surface area contributed by atoms with E-state index in [9.17, 15) is 4.79 Å². The molecule has 1 aromatic heterocycles. The molecule has 1 aliphatic heterocycles. The summed E-state index contributed by atoms with van der Waals surface area (Å²) in [6.45, 7) is 4.34. The Balaban J connectivity index is 1.48. The summed E-state index contributed by atoms with van der Waals surface area (Å²) in [5, 5.41) is 5.34. The molecule has 3 rings (SSSR count). The lowest BCUT2D eigenvalue weighted by Gasteiger charge is -2.34. The van der Waals surface area contributed by atoms with Gasteiger partial charge in [0.15, 0.2) is 0 Å². The van der Waals surface area contributed by atoms with Gasteiger partial charge in [-0.15, -0.1) is 0 Å². The maximum atomic E-state index is 12.3. The number of amides is 1. The molecular formula is C16H18Cl2N4O. The molecule has 23 heavy (non-hydrogen) atoms. The van der Waals surface area contributed by atoms with Crippen molar-refractivity contribution < 1.29 is 4.79 Å². The van der Waals surface area contributed by atoms with E-state index in [0.29, 0.717) is 5.02 Å². The fraction of sp³-hybridized carbons (Fsp3) is 0.375. The minimum atomic E-state index is 0.0795. The SMILES string of the molecule is O=C(Cn1cc(Cl)cn1)N1CCN(Cc2ccc(Cl)cc2)CC1. The van der Waals surface area contributed by atoms with Gasteiger partial charge < -0.3 is 4.90 Å². The second kappa shape index (κ2) is 7.34. The molecule has 2 heterocycles. The molecule has 0 spiro atoms. The summed E-state index contributed by atoms with van der Waals surface area (Å²) in [4.78, 5) is 16.5. The highest BCUT2D eigenvalue weighted by Crippen LogP contribution is 2.13. The highest BCUT2D eigenvalue weighted by atomic mass is 35.5. The van der Waals surface area contributed by atoms with Crippen LogP contribution >= 0.6 is 23.2 Å². The number of carbonyl (C=O) groups is 1. The van der Waals surface area contributed by atoms with Crippen molar-refractivity contribution in [1.29, 1.82) is 0 Å². The molecule has 0 bridgehead atoms. The molecule has 5 nitrogen and oxygen atoms in total. The van der Waals surface area contributed by atoms with Crippen molar-refractivity contribution in [2.75, 3.05) is 26.2 Å². The molecule has 0 saturated carbocycles. The van der Waals surface area contributed by atoms with Crippen molar-refractivity contribution >= 4 is 29.1 Å². The lowest BCUT2D eigenvalue weighted by atomic mass is 10.2. The number of hydrogen-bond acceptors (Lipinski definition) is 3. The van der Waals surface area contributed by atoms with E-state index in [1.165, 1.54) is 5.56 Å². The molecule has 0 N–H and O–H groups in total. The number of aromatic nitrogens is 2. The maximum Gasteiger partial charge on any atom is 0.244 e. The summed E-state index contributed by atoms with van der Waals surface area (Å²) in [6.07, 6.45) is 3.20. The second-order valence-electron chi connectivity index (χ2n) is 5.64. The first-order chi connectivity index (χ1) is 11.1.